The van der Waals surface area contributed by atoms with Crippen molar-refractivity contribution >= 4 is 22.7 Å². The maximum Gasteiger partial charge on any atom is 0.159 e. The highest BCUT2D eigenvalue weighted by Crippen LogP contribution is 2.31. The summed E-state index contributed by atoms with van der Waals surface area (Å²) in [5.74, 6) is 0. The van der Waals surface area contributed by atoms with E-state index in [-0.39, 0.29) is 0 Å². The summed E-state index contributed by atoms with van der Waals surface area (Å²) < 4.78 is 4.98. The molecule has 104 valence electrons. The third-order valence-electron chi connectivity index (χ3n) is 2.56. The minimum Gasteiger partial charge on any atom is -0.383 e. The molecule has 0 bridgehead atoms. The molecule has 2 aromatic heterocycles. The second-order valence-electron chi connectivity index (χ2n) is 4.14. The molecule has 0 aliphatic carbocycles. The molecule has 0 fully saturated rings. The molecule has 2 aromatic rings. The Labute approximate surface area is 121 Å². The molecule has 0 atom stereocenters. The van der Waals surface area contributed by atoms with E-state index in [1.165, 1.54) is 0 Å². The molecule has 2 rings (SSSR count). The summed E-state index contributed by atoms with van der Waals surface area (Å²) in [5.41, 5.74) is 1.04. The van der Waals surface area contributed by atoms with E-state index in [1.54, 1.807) is 29.8 Å². The molecule has 0 spiro atoms. The predicted molar refractivity (Wildman–Crippen MR) is 78.9 cm³/mol. The van der Waals surface area contributed by atoms with Crippen LogP contribution in [-0.2, 0) is 11.2 Å². The summed E-state index contributed by atoms with van der Waals surface area (Å²) in [5, 5.41) is 14.9. The first-order valence-electron chi connectivity index (χ1n) is 6.17. The Balaban J connectivity index is 1.90. The van der Waals surface area contributed by atoms with Crippen molar-refractivity contribution < 1.29 is 4.74 Å². The van der Waals surface area contributed by atoms with Gasteiger partial charge in [-0.05, 0) is 13.8 Å². The monoisotopic (exact) mass is 298 g/mol. The average molecular weight is 298 g/mol. The van der Waals surface area contributed by atoms with Crippen LogP contribution in [0.3, 0.4) is 0 Å². The van der Waals surface area contributed by atoms with Crippen LogP contribution >= 0.6 is 22.7 Å². The highest BCUT2D eigenvalue weighted by Gasteiger charge is 2.12. The number of aromatic nitrogens is 3. The number of ether oxygens (including phenoxy) is 1. The van der Waals surface area contributed by atoms with Crippen LogP contribution in [0.5, 0.6) is 0 Å². The number of aryl methyl sites for hydroxylation is 2. The van der Waals surface area contributed by atoms with Gasteiger partial charge in [-0.15, -0.1) is 21.5 Å². The molecular weight excluding hydrogens is 280 g/mol. The minimum atomic E-state index is 0.737. The fraction of sp³-hybridized carbons (Fsp3) is 0.583. The molecule has 1 N–H and O–H groups in total. The number of thiazole rings is 1. The molecule has 5 nitrogen and oxygen atoms in total. The molecule has 7 heteroatoms. The second-order valence-corrected chi connectivity index (χ2v) is 6.41. The molecule has 0 saturated carbocycles. The quantitative estimate of drug-likeness (QED) is 0.793. The lowest BCUT2D eigenvalue weighted by molar-refractivity contribution is 0.199. The molecule has 0 radical (unpaired) electrons. The van der Waals surface area contributed by atoms with Crippen LogP contribution in [0.4, 0.5) is 0 Å². The lowest BCUT2D eigenvalue weighted by Gasteiger charge is -2.00. The van der Waals surface area contributed by atoms with Gasteiger partial charge in [-0.3, -0.25) is 0 Å². The van der Waals surface area contributed by atoms with Gasteiger partial charge in [-0.25, -0.2) is 4.98 Å². The van der Waals surface area contributed by atoms with Crippen LogP contribution in [0.25, 0.3) is 9.88 Å². The Kier molecular flexibility index (Phi) is 5.38. The fourth-order valence-corrected chi connectivity index (χ4v) is 3.55. The van der Waals surface area contributed by atoms with E-state index in [0.29, 0.717) is 0 Å². The van der Waals surface area contributed by atoms with Crippen molar-refractivity contribution in [3.05, 3.63) is 15.7 Å². The zero-order valence-corrected chi connectivity index (χ0v) is 13.0. The van der Waals surface area contributed by atoms with Crippen molar-refractivity contribution in [2.45, 2.75) is 20.3 Å². The summed E-state index contributed by atoms with van der Waals surface area (Å²) in [6.07, 6.45) is 0.901. The Morgan fingerprint density at radius 3 is 2.68 bits per heavy atom. The number of nitrogens with zero attached hydrogens (tertiary/aromatic N) is 3. The van der Waals surface area contributed by atoms with Gasteiger partial charge in [-0.1, -0.05) is 11.3 Å². The molecule has 0 aromatic carbocycles. The Morgan fingerprint density at radius 1 is 1.16 bits per heavy atom. The lowest BCUT2D eigenvalue weighted by atomic mass is 10.4. The summed E-state index contributed by atoms with van der Waals surface area (Å²) >= 11 is 3.33. The predicted octanol–water partition coefficient (Wildman–Crippen LogP) is 2.06. The van der Waals surface area contributed by atoms with Gasteiger partial charge in [0.2, 0.25) is 0 Å². The molecule has 0 amide bonds. The van der Waals surface area contributed by atoms with Gasteiger partial charge < -0.3 is 10.1 Å². The normalized spacial score (nSPS) is 11.1. The van der Waals surface area contributed by atoms with Crippen LogP contribution in [0, 0.1) is 13.8 Å². The largest absolute Gasteiger partial charge is 0.383 e. The van der Waals surface area contributed by atoms with E-state index in [0.717, 1.165) is 51.7 Å². The Hall–Kier alpha value is -0.890. The summed E-state index contributed by atoms with van der Waals surface area (Å²) in [6.45, 7) is 6.55. The first-order valence-corrected chi connectivity index (χ1v) is 7.80. The van der Waals surface area contributed by atoms with E-state index in [4.69, 9.17) is 4.74 Å². The molecule has 0 unspecified atom stereocenters. The zero-order valence-electron chi connectivity index (χ0n) is 11.4. The maximum atomic E-state index is 4.98. The maximum absolute atomic E-state index is 4.98. The number of nitrogens with one attached hydrogen (secondary N) is 1. The Bertz CT molecular complexity index is 524. The van der Waals surface area contributed by atoms with E-state index in [1.807, 2.05) is 13.8 Å². The van der Waals surface area contributed by atoms with Crippen molar-refractivity contribution in [3.63, 3.8) is 0 Å². The topological polar surface area (TPSA) is 59.9 Å². The highest BCUT2D eigenvalue weighted by molar-refractivity contribution is 7.21. The van der Waals surface area contributed by atoms with Gasteiger partial charge in [0, 0.05) is 26.6 Å². The number of rotatable bonds is 7. The van der Waals surface area contributed by atoms with Crippen molar-refractivity contribution in [1.29, 1.82) is 0 Å². The summed E-state index contributed by atoms with van der Waals surface area (Å²) in [4.78, 5) is 5.57. The van der Waals surface area contributed by atoms with E-state index in [9.17, 15) is 0 Å². The van der Waals surface area contributed by atoms with Crippen LogP contribution in [0.2, 0.25) is 0 Å². The van der Waals surface area contributed by atoms with Crippen molar-refractivity contribution in [3.8, 4) is 9.88 Å². The summed E-state index contributed by atoms with van der Waals surface area (Å²) in [7, 11) is 1.71. The lowest BCUT2D eigenvalue weighted by Crippen LogP contribution is -2.21. The van der Waals surface area contributed by atoms with Crippen LogP contribution in [0.15, 0.2) is 0 Å². The Morgan fingerprint density at radius 2 is 2.00 bits per heavy atom. The molecule has 19 heavy (non-hydrogen) atoms. The number of hydrogen-bond acceptors (Lipinski definition) is 7. The van der Waals surface area contributed by atoms with Crippen molar-refractivity contribution in [1.82, 2.24) is 20.5 Å². The smallest absolute Gasteiger partial charge is 0.159 e. The SMILES string of the molecule is COCCNCCc1nnc(-c2sc(C)nc2C)s1. The van der Waals surface area contributed by atoms with Gasteiger partial charge in [0.15, 0.2) is 5.01 Å². The van der Waals surface area contributed by atoms with Crippen molar-refractivity contribution in [2.75, 3.05) is 26.8 Å². The first kappa shape index (κ1) is 14.5. The first-order chi connectivity index (χ1) is 9.20. The second kappa shape index (κ2) is 7.04. The molecule has 2 heterocycles. The standard InChI is InChI=1S/C12H18N4OS2/c1-8-11(18-9(2)14-8)12-16-15-10(19-12)4-5-13-6-7-17-3/h13H,4-7H2,1-3H3. The minimum absolute atomic E-state index is 0.737. The van der Waals surface area contributed by atoms with E-state index in [2.05, 4.69) is 20.5 Å². The van der Waals surface area contributed by atoms with E-state index >= 15 is 0 Å². The number of hydrogen-bond donors (Lipinski definition) is 1. The fourth-order valence-electron chi connectivity index (χ4n) is 1.67. The molecule has 0 aliphatic rings. The van der Waals surface area contributed by atoms with Crippen LogP contribution in [0.1, 0.15) is 15.7 Å². The van der Waals surface area contributed by atoms with E-state index < -0.39 is 0 Å². The van der Waals surface area contributed by atoms with Gasteiger partial charge in [0.25, 0.3) is 0 Å². The molecular formula is C12H18N4OS2. The van der Waals surface area contributed by atoms with Gasteiger partial charge in [0.05, 0.1) is 22.2 Å². The third kappa shape index (κ3) is 4.04. The molecule has 0 saturated heterocycles. The van der Waals surface area contributed by atoms with Crippen LogP contribution < -0.4 is 5.32 Å². The molecule has 0 aliphatic heterocycles. The van der Waals surface area contributed by atoms with Gasteiger partial charge in [-0.2, -0.15) is 0 Å². The van der Waals surface area contributed by atoms with Gasteiger partial charge >= 0.3 is 0 Å². The number of methoxy groups -OCH3 is 1. The highest BCUT2D eigenvalue weighted by atomic mass is 32.1. The third-order valence-corrected chi connectivity index (χ3v) is 4.77. The van der Waals surface area contributed by atoms with Crippen molar-refractivity contribution in [2.24, 2.45) is 0 Å². The average Bonchev–Trinajstić information content (AvgIpc) is 2.95. The summed E-state index contributed by atoms with van der Waals surface area (Å²) in [6, 6.07) is 0. The van der Waals surface area contributed by atoms with Crippen LogP contribution in [-0.4, -0.2) is 42.0 Å². The van der Waals surface area contributed by atoms with Gasteiger partial charge in [0.1, 0.15) is 5.01 Å². The zero-order chi connectivity index (χ0) is 13.7.